The molecule has 1 saturated heterocycles. The van der Waals surface area contributed by atoms with E-state index in [0.717, 1.165) is 23.4 Å². The van der Waals surface area contributed by atoms with Crippen LogP contribution in [0, 0.1) is 13.8 Å². The number of aromatic nitrogens is 2. The van der Waals surface area contributed by atoms with Crippen molar-refractivity contribution in [3.05, 3.63) is 52.3 Å². The minimum atomic E-state index is -0.182. The van der Waals surface area contributed by atoms with E-state index in [4.69, 9.17) is 11.6 Å². The van der Waals surface area contributed by atoms with Gasteiger partial charge >= 0.3 is 6.03 Å². The highest BCUT2D eigenvalue weighted by Crippen LogP contribution is 2.17. The van der Waals surface area contributed by atoms with Crippen molar-refractivity contribution in [2.24, 2.45) is 7.05 Å². The first-order valence-corrected chi connectivity index (χ1v) is 10.0. The number of nitrogens with zero attached hydrogens (tertiary/aromatic N) is 4. The molecule has 0 unspecified atom stereocenters. The number of carbonyl (C=O) groups is 2. The Hall–Kier alpha value is -2.80. The zero-order valence-corrected chi connectivity index (χ0v) is 17.7. The van der Waals surface area contributed by atoms with Gasteiger partial charge in [0, 0.05) is 61.3 Å². The number of hydrogen-bond donors (Lipinski definition) is 1. The summed E-state index contributed by atoms with van der Waals surface area (Å²) in [6.07, 6.45) is 4.15. The third-order valence-corrected chi connectivity index (χ3v) is 5.36. The van der Waals surface area contributed by atoms with Gasteiger partial charge in [-0.3, -0.25) is 9.48 Å². The van der Waals surface area contributed by atoms with Crippen LogP contribution in [0.1, 0.15) is 23.4 Å². The summed E-state index contributed by atoms with van der Waals surface area (Å²) in [6, 6.07) is 6.87. The van der Waals surface area contributed by atoms with Gasteiger partial charge < -0.3 is 15.1 Å². The van der Waals surface area contributed by atoms with Gasteiger partial charge in [-0.2, -0.15) is 5.10 Å². The van der Waals surface area contributed by atoms with E-state index in [1.807, 2.05) is 31.7 Å². The van der Waals surface area contributed by atoms with Gasteiger partial charge in [-0.15, -0.1) is 0 Å². The maximum absolute atomic E-state index is 12.6. The second kappa shape index (κ2) is 9.13. The van der Waals surface area contributed by atoms with Gasteiger partial charge in [-0.25, -0.2) is 4.79 Å². The van der Waals surface area contributed by atoms with Crippen molar-refractivity contribution >= 4 is 35.3 Å². The molecule has 0 bridgehead atoms. The Labute approximate surface area is 175 Å². The molecule has 0 atom stereocenters. The first-order valence-electron chi connectivity index (χ1n) is 9.64. The average molecular weight is 416 g/mol. The summed E-state index contributed by atoms with van der Waals surface area (Å²) >= 11 is 5.97. The molecule has 154 valence electrons. The van der Waals surface area contributed by atoms with Crippen molar-refractivity contribution < 1.29 is 9.59 Å². The molecule has 2 heterocycles. The molecule has 0 spiro atoms. The molecule has 0 aliphatic carbocycles. The van der Waals surface area contributed by atoms with Gasteiger partial charge in [0.1, 0.15) is 0 Å². The summed E-state index contributed by atoms with van der Waals surface area (Å²) in [5.41, 5.74) is 3.54. The van der Waals surface area contributed by atoms with Crippen molar-refractivity contribution in [2.45, 2.75) is 20.3 Å². The van der Waals surface area contributed by atoms with Crippen molar-refractivity contribution in [3.8, 4) is 0 Å². The van der Waals surface area contributed by atoms with Crippen LogP contribution in [0.15, 0.2) is 30.3 Å². The minimum Gasteiger partial charge on any atom is -0.337 e. The molecule has 8 heteroatoms. The predicted octanol–water partition coefficient (Wildman–Crippen LogP) is 3.47. The summed E-state index contributed by atoms with van der Waals surface area (Å²) in [5, 5.41) is 7.80. The number of nitrogens with one attached hydrogen (secondary N) is 1. The number of aryl methyl sites for hydroxylation is 2. The van der Waals surface area contributed by atoms with E-state index in [2.05, 4.69) is 10.4 Å². The summed E-state index contributed by atoms with van der Waals surface area (Å²) in [4.78, 5) is 28.7. The fourth-order valence-electron chi connectivity index (χ4n) is 3.40. The lowest BCUT2D eigenvalue weighted by Crippen LogP contribution is -2.39. The second-order valence-electron chi connectivity index (χ2n) is 7.15. The van der Waals surface area contributed by atoms with Crippen molar-refractivity contribution in [2.75, 3.05) is 31.5 Å². The van der Waals surface area contributed by atoms with Crippen LogP contribution in [0.2, 0.25) is 5.02 Å². The van der Waals surface area contributed by atoms with E-state index in [1.165, 1.54) is 0 Å². The maximum Gasteiger partial charge on any atom is 0.321 e. The third kappa shape index (κ3) is 5.17. The molecule has 1 aliphatic rings. The van der Waals surface area contributed by atoms with Gasteiger partial charge in [0.25, 0.3) is 0 Å². The Kier molecular flexibility index (Phi) is 6.59. The van der Waals surface area contributed by atoms with Crippen LogP contribution in [0.5, 0.6) is 0 Å². The van der Waals surface area contributed by atoms with Crippen LogP contribution in [0.25, 0.3) is 6.08 Å². The van der Waals surface area contributed by atoms with Gasteiger partial charge in [0.15, 0.2) is 0 Å². The van der Waals surface area contributed by atoms with Gasteiger partial charge in [0.2, 0.25) is 5.91 Å². The lowest BCUT2D eigenvalue weighted by atomic mass is 10.2. The number of carbonyl (C=O) groups excluding carboxylic acids is 2. The van der Waals surface area contributed by atoms with Crippen molar-refractivity contribution in [1.82, 2.24) is 19.6 Å². The third-order valence-electron chi connectivity index (χ3n) is 5.13. The van der Waals surface area contributed by atoms with E-state index in [1.54, 1.807) is 40.1 Å². The van der Waals surface area contributed by atoms with E-state index in [-0.39, 0.29) is 11.9 Å². The molecule has 3 rings (SSSR count). The first-order chi connectivity index (χ1) is 13.8. The fourth-order valence-corrected chi connectivity index (χ4v) is 3.59. The molecule has 1 aromatic heterocycles. The zero-order valence-electron chi connectivity index (χ0n) is 17.0. The Morgan fingerprint density at radius 3 is 2.55 bits per heavy atom. The van der Waals surface area contributed by atoms with Crippen LogP contribution in [-0.4, -0.2) is 57.7 Å². The number of amides is 3. The number of halogens is 1. The number of urea groups is 1. The number of anilines is 1. The monoisotopic (exact) mass is 415 g/mol. The Morgan fingerprint density at radius 2 is 1.86 bits per heavy atom. The second-order valence-corrected chi connectivity index (χ2v) is 7.58. The largest absolute Gasteiger partial charge is 0.337 e. The molecule has 2 aromatic rings. The van der Waals surface area contributed by atoms with Gasteiger partial charge in [-0.1, -0.05) is 17.7 Å². The average Bonchev–Trinajstić information content (AvgIpc) is 2.85. The highest BCUT2D eigenvalue weighted by atomic mass is 35.5. The SMILES string of the molecule is Cc1nn(C)c(C)c1/C=C/C(=O)N1CCCN(C(=O)Nc2cccc(Cl)c2)CC1. The van der Waals surface area contributed by atoms with E-state index in [0.29, 0.717) is 36.9 Å². The molecule has 1 N–H and O–H groups in total. The molecule has 3 amide bonds. The molecule has 0 saturated carbocycles. The summed E-state index contributed by atoms with van der Waals surface area (Å²) in [7, 11) is 1.89. The molecule has 1 aliphatic heterocycles. The normalized spacial score (nSPS) is 14.9. The number of rotatable bonds is 3. The smallest absolute Gasteiger partial charge is 0.321 e. The molecule has 7 nitrogen and oxygen atoms in total. The molecule has 1 aromatic carbocycles. The molecular formula is C21H26ClN5O2. The standard InChI is InChI=1S/C21H26ClN5O2/c1-15-19(16(2)25(3)24-15)8-9-20(28)26-10-5-11-27(13-12-26)21(29)23-18-7-4-6-17(22)14-18/h4,6-9,14H,5,10-13H2,1-3H3,(H,23,29)/b9-8+. The van der Waals surface area contributed by atoms with Crippen LogP contribution in [0.3, 0.4) is 0 Å². The maximum atomic E-state index is 12.6. The quantitative estimate of drug-likeness (QED) is 0.780. The van der Waals surface area contributed by atoms with E-state index < -0.39 is 0 Å². The topological polar surface area (TPSA) is 70.5 Å². The van der Waals surface area contributed by atoms with Crippen LogP contribution < -0.4 is 5.32 Å². The van der Waals surface area contributed by atoms with Gasteiger partial charge in [-0.05, 0) is 44.5 Å². The molecule has 29 heavy (non-hydrogen) atoms. The van der Waals surface area contributed by atoms with E-state index >= 15 is 0 Å². The minimum absolute atomic E-state index is 0.0512. The fraction of sp³-hybridized carbons (Fsp3) is 0.381. The van der Waals surface area contributed by atoms with Crippen LogP contribution in [0.4, 0.5) is 10.5 Å². The summed E-state index contributed by atoms with van der Waals surface area (Å²) in [6.45, 7) is 6.11. The zero-order chi connectivity index (χ0) is 21.0. The Bertz CT molecular complexity index is 937. The Morgan fingerprint density at radius 1 is 1.14 bits per heavy atom. The number of hydrogen-bond acceptors (Lipinski definition) is 3. The van der Waals surface area contributed by atoms with Gasteiger partial charge in [0.05, 0.1) is 5.69 Å². The number of benzene rings is 1. The van der Waals surface area contributed by atoms with Crippen LogP contribution in [-0.2, 0) is 11.8 Å². The first kappa shape index (κ1) is 20.9. The summed E-state index contributed by atoms with van der Waals surface area (Å²) in [5.74, 6) is -0.0512. The lowest BCUT2D eigenvalue weighted by Gasteiger charge is -2.22. The lowest BCUT2D eigenvalue weighted by molar-refractivity contribution is -0.125. The van der Waals surface area contributed by atoms with Crippen LogP contribution >= 0.6 is 11.6 Å². The molecular weight excluding hydrogens is 390 g/mol. The Balaban J connectivity index is 1.58. The highest BCUT2D eigenvalue weighted by Gasteiger charge is 2.21. The summed E-state index contributed by atoms with van der Waals surface area (Å²) < 4.78 is 1.81. The molecule has 0 radical (unpaired) electrons. The highest BCUT2D eigenvalue weighted by molar-refractivity contribution is 6.30. The molecule has 1 fully saturated rings. The predicted molar refractivity (Wildman–Crippen MR) is 115 cm³/mol. The van der Waals surface area contributed by atoms with Crippen molar-refractivity contribution in [1.29, 1.82) is 0 Å². The van der Waals surface area contributed by atoms with E-state index in [9.17, 15) is 9.59 Å². The van der Waals surface area contributed by atoms with Crippen molar-refractivity contribution in [3.63, 3.8) is 0 Å².